The minimum Gasteiger partial charge on any atom is -0.491 e. The lowest BCUT2D eigenvalue weighted by Crippen LogP contribution is -2.36. The summed E-state index contributed by atoms with van der Waals surface area (Å²) in [5.74, 6) is 0.831. The van der Waals surface area contributed by atoms with Crippen LogP contribution in [0.5, 0.6) is 5.75 Å². The quantitative estimate of drug-likeness (QED) is 0.719. The zero-order valence-electron chi connectivity index (χ0n) is 10.1. The van der Waals surface area contributed by atoms with Crippen molar-refractivity contribution >= 4 is 17.5 Å². The molecule has 1 aliphatic heterocycles. The lowest BCUT2D eigenvalue weighted by molar-refractivity contribution is -0.131. The molecule has 0 bridgehead atoms. The highest BCUT2D eigenvalue weighted by Gasteiger charge is 2.22. The number of fused-ring (bicyclic) bond motifs is 1. The second-order valence-corrected chi connectivity index (χ2v) is 4.99. The number of hydrogen-bond donors (Lipinski definition) is 0. The maximum atomic E-state index is 11.9. The van der Waals surface area contributed by atoms with Crippen molar-refractivity contribution in [1.29, 1.82) is 0 Å². The van der Waals surface area contributed by atoms with E-state index in [4.69, 9.17) is 16.3 Å². The fourth-order valence-corrected chi connectivity index (χ4v) is 2.10. The molecule has 0 N–H and O–H groups in total. The van der Waals surface area contributed by atoms with Crippen LogP contribution in [0.2, 0.25) is 0 Å². The van der Waals surface area contributed by atoms with Gasteiger partial charge in [0.15, 0.2) is 0 Å². The summed E-state index contributed by atoms with van der Waals surface area (Å²) in [5.41, 5.74) is 2.22. The van der Waals surface area contributed by atoms with Gasteiger partial charge in [0.2, 0.25) is 5.91 Å². The lowest BCUT2D eigenvalue weighted by atomic mass is 10.1. The van der Waals surface area contributed by atoms with Gasteiger partial charge in [0.1, 0.15) is 17.7 Å². The molecule has 0 fully saturated rings. The summed E-state index contributed by atoms with van der Waals surface area (Å²) in [6.07, 6.45) is 0. The summed E-state index contributed by atoms with van der Waals surface area (Å²) >= 11 is 5.84. The van der Waals surface area contributed by atoms with E-state index in [2.05, 4.69) is 6.07 Å². The van der Waals surface area contributed by atoms with Gasteiger partial charge in [-0.2, -0.15) is 0 Å². The molecule has 0 unspecified atom stereocenters. The van der Waals surface area contributed by atoms with E-state index in [1.165, 1.54) is 5.56 Å². The molecule has 92 valence electrons. The van der Waals surface area contributed by atoms with Crippen LogP contribution in [0.1, 0.15) is 18.1 Å². The lowest BCUT2D eigenvalue weighted by Gasteiger charge is -2.21. The van der Waals surface area contributed by atoms with E-state index in [-0.39, 0.29) is 5.91 Å². The van der Waals surface area contributed by atoms with Gasteiger partial charge in [-0.15, -0.1) is 11.6 Å². The summed E-state index contributed by atoms with van der Waals surface area (Å²) in [4.78, 5) is 13.6. The second-order valence-electron chi connectivity index (χ2n) is 4.34. The first kappa shape index (κ1) is 12.2. The highest BCUT2D eigenvalue weighted by Crippen LogP contribution is 2.24. The van der Waals surface area contributed by atoms with Crippen LogP contribution in [0, 0.1) is 6.92 Å². The molecule has 17 heavy (non-hydrogen) atoms. The number of benzene rings is 1. The van der Waals surface area contributed by atoms with Crippen molar-refractivity contribution in [3.63, 3.8) is 0 Å². The molecular formula is C13H16ClNO2. The Morgan fingerprint density at radius 3 is 3.00 bits per heavy atom. The van der Waals surface area contributed by atoms with Gasteiger partial charge in [-0.25, -0.2) is 0 Å². The van der Waals surface area contributed by atoms with Gasteiger partial charge >= 0.3 is 0 Å². The normalized spacial score (nSPS) is 16.8. The van der Waals surface area contributed by atoms with Crippen molar-refractivity contribution < 1.29 is 9.53 Å². The molecular weight excluding hydrogens is 238 g/mol. The Bertz CT molecular complexity index is 431. The number of aryl methyl sites for hydroxylation is 1. The van der Waals surface area contributed by atoms with E-state index in [9.17, 15) is 4.79 Å². The topological polar surface area (TPSA) is 29.5 Å². The number of hydrogen-bond acceptors (Lipinski definition) is 2. The number of ether oxygens (including phenoxy) is 1. The third-order valence-corrected chi connectivity index (χ3v) is 3.03. The van der Waals surface area contributed by atoms with Crippen LogP contribution in [0.15, 0.2) is 18.2 Å². The fraction of sp³-hybridized carbons (Fsp3) is 0.462. The van der Waals surface area contributed by atoms with E-state index in [1.54, 1.807) is 11.8 Å². The van der Waals surface area contributed by atoms with Crippen LogP contribution in [0.3, 0.4) is 0 Å². The second kappa shape index (κ2) is 4.96. The van der Waals surface area contributed by atoms with Crippen LogP contribution < -0.4 is 4.74 Å². The standard InChI is InChI=1S/C13H16ClNO2/c1-9-3-4-12-11(7-9)8-15(5-6-17-12)13(16)10(2)14/h3-4,7,10H,5-6,8H2,1-2H3/t10-/m1/s1. The van der Waals surface area contributed by atoms with Gasteiger partial charge < -0.3 is 9.64 Å². The van der Waals surface area contributed by atoms with Crippen molar-refractivity contribution in [1.82, 2.24) is 4.90 Å². The number of halogens is 1. The van der Waals surface area contributed by atoms with E-state index < -0.39 is 5.38 Å². The minimum atomic E-state index is -0.485. The molecule has 1 aromatic carbocycles. The van der Waals surface area contributed by atoms with Crippen molar-refractivity contribution in [2.24, 2.45) is 0 Å². The summed E-state index contributed by atoms with van der Waals surface area (Å²) in [6.45, 7) is 5.41. The summed E-state index contributed by atoms with van der Waals surface area (Å²) in [5, 5.41) is -0.485. The van der Waals surface area contributed by atoms with Crippen molar-refractivity contribution in [2.75, 3.05) is 13.2 Å². The fourth-order valence-electron chi connectivity index (χ4n) is 1.96. The van der Waals surface area contributed by atoms with Gasteiger partial charge in [-0.3, -0.25) is 4.79 Å². The maximum absolute atomic E-state index is 11.9. The van der Waals surface area contributed by atoms with E-state index >= 15 is 0 Å². The first-order chi connectivity index (χ1) is 8.08. The van der Waals surface area contributed by atoms with Crippen LogP contribution in [-0.2, 0) is 11.3 Å². The number of carbonyl (C=O) groups is 1. The molecule has 3 nitrogen and oxygen atoms in total. The molecule has 0 spiro atoms. The Balaban J connectivity index is 2.24. The molecule has 2 rings (SSSR count). The first-order valence-electron chi connectivity index (χ1n) is 5.73. The van der Waals surface area contributed by atoms with Crippen LogP contribution >= 0.6 is 11.6 Å². The summed E-state index contributed by atoms with van der Waals surface area (Å²) in [6, 6.07) is 6.03. The van der Waals surface area contributed by atoms with Crippen LogP contribution in [-0.4, -0.2) is 29.3 Å². The first-order valence-corrected chi connectivity index (χ1v) is 6.17. The molecule has 1 aromatic rings. The molecule has 0 radical (unpaired) electrons. The van der Waals surface area contributed by atoms with Gasteiger partial charge in [0, 0.05) is 12.1 Å². The molecule has 1 aliphatic rings. The third kappa shape index (κ3) is 2.72. The molecule has 0 saturated heterocycles. The highest BCUT2D eigenvalue weighted by molar-refractivity contribution is 6.30. The zero-order chi connectivity index (χ0) is 12.4. The van der Waals surface area contributed by atoms with E-state index in [0.29, 0.717) is 19.7 Å². The summed E-state index contributed by atoms with van der Waals surface area (Å²) in [7, 11) is 0. The predicted molar refractivity (Wildman–Crippen MR) is 67.4 cm³/mol. The zero-order valence-corrected chi connectivity index (χ0v) is 10.8. The smallest absolute Gasteiger partial charge is 0.240 e. The molecule has 0 aliphatic carbocycles. The van der Waals surface area contributed by atoms with Crippen molar-refractivity contribution in [3.8, 4) is 5.75 Å². The Morgan fingerprint density at radius 1 is 1.53 bits per heavy atom. The van der Waals surface area contributed by atoms with Crippen molar-refractivity contribution in [2.45, 2.75) is 25.8 Å². The SMILES string of the molecule is Cc1ccc2c(c1)CN(C(=O)[C@@H](C)Cl)CCO2. The van der Waals surface area contributed by atoms with E-state index in [0.717, 1.165) is 11.3 Å². The average molecular weight is 254 g/mol. The Labute approximate surface area is 106 Å². The van der Waals surface area contributed by atoms with E-state index in [1.807, 2.05) is 19.1 Å². The average Bonchev–Trinajstić information content (AvgIpc) is 2.49. The number of alkyl halides is 1. The van der Waals surface area contributed by atoms with Gasteiger partial charge in [-0.1, -0.05) is 17.7 Å². The molecule has 1 heterocycles. The molecule has 0 saturated carbocycles. The monoisotopic (exact) mass is 253 g/mol. The van der Waals surface area contributed by atoms with Gasteiger partial charge in [0.05, 0.1) is 6.54 Å². The number of rotatable bonds is 1. The Kier molecular flexibility index (Phi) is 3.57. The largest absolute Gasteiger partial charge is 0.491 e. The van der Waals surface area contributed by atoms with Crippen LogP contribution in [0.25, 0.3) is 0 Å². The molecule has 4 heteroatoms. The van der Waals surface area contributed by atoms with Gasteiger partial charge in [0.25, 0.3) is 0 Å². The number of nitrogens with zero attached hydrogens (tertiary/aromatic N) is 1. The maximum Gasteiger partial charge on any atom is 0.240 e. The highest BCUT2D eigenvalue weighted by atomic mass is 35.5. The Hall–Kier alpha value is -1.22. The number of amides is 1. The molecule has 0 aromatic heterocycles. The molecule has 1 amide bonds. The Morgan fingerprint density at radius 2 is 2.29 bits per heavy atom. The molecule has 1 atom stereocenters. The third-order valence-electron chi connectivity index (χ3n) is 2.85. The van der Waals surface area contributed by atoms with Crippen molar-refractivity contribution in [3.05, 3.63) is 29.3 Å². The summed E-state index contributed by atoms with van der Waals surface area (Å²) < 4.78 is 5.63. The van der Waals surface area contributed by atoms with Crippen LogP contribution in [0.4, 0.5) is 0 Å². The predicted octanol–water partition coefficient (Wildman–Crippen LogP) is 2.34. The number of carbonyl (C=O) groups excluding carboxylic acids is 1. The van der Waals surface area contributed by atoms with Gasteiger partial charge in [-0.05, 0) is 19.9 Å². The minimum absolute atomic E-state index is 0.0374.